The Bertz CT molecular complexity index is 1250. The Labute approximate surface area is 396 Å². The minimum Gasteiger partial charge on any atom is -0.462 e. The summed E-state index contributed by atoms with van der Waals surface area (Å²) in [6.45, 7) is 2.55. The fourth-order valence-corrected chi connectivity index (χ4v) is 8.12. The first-order chi connectivity index (χ1) is 32.0. The van der Waals surface area contributed by atoms with Gasteiger partial charge in [0.25, 0.3) is 0 Å². The van der Waals surface area contributed by atoms with Gasteiger partial charge in [0.05, 0.1) is 19.8 Å². The Kier molecular flexibility index (Phi) is 35.3. The van der Waals surface area contributed by atoms with E-state index in [1.54, 1.807) is 0 Å². The van der Waals surface area contributed by atoms with Gasteiger partial charge in [-0.25, -0.2) is 0 Å². The summed E-state index contributed by atoms with van der Waals surface area (Å²) < 4.78 is 33.6. The van der Waals surface area contributed by atoms with Crippen LogP contribution in [-0.2, 0) is 38.0 Å². The van der Waals surface area contributed by atoms with Gasteiger partial charge in [0.1, 0.15) is 55.4 Å². The van der Waals surface area contributed by atoms with Crippen molar-refractivity contribution in [3.05, 3.63) is 24.3 Å². The SMILES string of the molecule is CCCC/C=C\C/C=C\CCCCCCCC(=O)OC(COC(=O)CCCCCCCCCCCCCCCCCC)COC1OC(COC2OC(CO)C(O)C(O)C2O)C(O)C(O)C1O. The Morgan fingerprint density at radius 2 is 0.924 bits per heavy atom. The van der Waals surface area contributed by atoms with Crippen LogP contribution in [0.3, 0.4) is 0 Å². The van der Waals surface area contributed by atoms with E-state index < -0.39 is 92.7 Å². The molecule has 0 aromatic rings. The lowest BCUT2D eigenvalue weighted by atomic mass is 9.98. The maximum absolute atomic E-state index is 13.0. The van der Waals surface area contributed by atoms with Gasteiger partial charge in [0, 0.05) is 12.8 Å². The van der Waals surface area contributed by atoms with Crippen molar-refractivity contribution in [1.82, 2.24) is 0 Å². The van der Waals surface area contributed by atoms with Crippen LogP contribution in [0.4, 0.5) is 0 Å². The second-order valence-electron chi connectivity index (χ2n) is 18.4. The van der Waals surface area contributed by atoms with Gasteiger partial charge in [-0.1, -0.05) is 167 Å². The van der Waals surface area contributed by atoms with Crippen LogP contribution in [0.2, 0.25) is 0 Å². The van der Waals surface area contributed by atoms with E-state index in [2.05, 4.69) is 38.2 Å². The summed E-state index contributed by atoms with van der Waals surface area (Å²) in [5.41, 5.74) is 0. The summed E-state index contributed by atoms with van der Waals surface area (Å²) in [5, 5.41) is 72.0. The monoisotopic (exact) mass is 945 g/mol. The number of allylic oxidation sites excluding steroid dienone is 4. The lowest BCUT2D eigenvalue weighted by Crippen LogP contribution is -2.61. The molecule has 2 saturated heterocycles. The molecule has 0 aliphatic carbocycles. The van der Waals surface area contributed by atoms with Crippen LogP contribution in [0.1, 0.15) is 194 Å². The topological polar surface area (TPSA) is 231 Å². The summed E-state index contributed by atoms with van der Waals surface area (Å²) in [4.78, 5) is 25.7. The Balaban J connectivity index is 1.81. The number of carbonyl (C=O) groups excluding carboxylic acids is 2. The highest BCUT2D eigenvalue weighted by atomic mass is 16.7. The predicted octanol–water partition coefficient (Wildman–Crippen LogP) is 7.16. The average Bonchev–Trinajstić information content (AvgIpc) is 3.31. The van der Waals surface area contributed by atoms with Crippen LogP contribution in [0.15, 0.2) is 24.3 Å². The summed E-state index contributed by atoms with van der Waals surface area (Å²) in [7, 11) is 0. The number of esters is 2. The van der Waals surface area contributed by atoms with Gasteiger partial charge in [-0.15, -0.1) is 0 Å². The molecule has 0 amide bonds. The summed E-state index contributed by atoms with van der Waals surface area (Å²) >= 11 is 0. The van der Waals surface area contributed by atoms with Crippen LogP contribution in [0.25, 0.3) is 0 Å². The van der Waals surface area contributed by atoms with Crippen molar-refractivity contribution < 1.29 is 73.8 Å². The van der Waals surface area contributed by atoms with Crippen molar-refractivity contribution in [1.29, 1.82) is 0 Å². The first-order valence-corrected chi connectivity index (χ1v) is 25.9. The molecule has 7 N–H and O–H groups in total. The Morgan fingerprint density at radius 1 is 0.485 bits per heavy atom. The maximum Gasteiger partial charge on any atom is 0.306 e. The fourth-order valence-electron chi connectivity index (χ4n) is 8.12. The third-order valence-corrected chi connectivity index (χ3v) is 12.4. The van der Waals surface area contributed by atoms with Crippen LogP contribution in [-0.4, -0.2) is 142 Å². The number of carbonyl (C=O) groups is 2. The van der Waals surface area contributed by atoms with Crippen LogP contribution in [0, 0.1) is 0 Å². The number of ether oxygens (including phenoxy) is 6. The highest BCUT2D eigenvalue weighted by molar-refractivity contribution is 5.70. The minimum atomic E-state index is -1.76. The normalized spacial score (nSPS) is 26.3. The van der Waals surface area contributed by atoms with Crippen molar-refractivity contribution in [2.75, 3.05) is 26.4 Å². The lowest BCUT2D eigenvalue weighted by molar-refractivity contribution is -0.332. The third kappa shape index (κ3) is 26.7. The molecule has 66 heavy (non-hydrogen) atoms. The first-order valence-electron chi connectivity index (χ1n) is 25.9. The lowest BCUT2D eigenvalue weighted by Gasteiger charge is -2.42. The highest BCUT2D eigenvalue weighted by Crippen LogP contribution is 2.26. The quantitative estimate of drug-likeness (QED) is 0.0184. The number of aliphatic hydroxyl groups is 7. The van der Waals surface area contributed by atoms with E-state index >= 15 is 0 Å². The predicted molar refractivity (Wildman–Crippen MR) is 252 cm³/mol. The van der Waals surface area contributed by atoms with E-state index in [0.717, 1.165) is 64.2 Å². The highest BCUT2D eigenvalue weighted by Gasteiger charge is 2.47. The molecule has 386 valence electrons. The molecule has 2 heterocycles. The zero-order valence-corrected chi connectivity index (χ0v) is 40.7. The molecule has 2 aliphatic rings. The molecule has 2 fully saturated rings. The van der Waals surface area contributed by atoms with E-state index in [4.69, 9.17) is 28.4 Å². The molecule has 11 atom stereocenters. The summed E-state index contributed by atoms with van der Waals surface area (Å²) in [5.74, 6) is -0.934. The third-order valence-electron chi connectivity index (χ3n) is 12.4. The number of hydrogen-bond acceptors (Lipinski definition) is 15. The van der Waals surface area contributed by atoms with Crippen molar-refractivity contribution in [2.24, 2.45) is 0 Å². The molecule has 0 spiro atoms. The molecule has 0 saturated carbocycles. The van der Waals surface area contributed by atoms with Gasteiger partial charge < -0.3 is 64.2 Å². The maximum atomic E-state index is 13.0. The van der Waals surface area contributed by atoms with Gasteiger partial charge >= 0.3 is 11.9 Å². The molecular weight excluding hydrogens is 853 g/mol. The van der Waals surface area contributed by atoms with E-state index in [1.807, 2.05) is 0 Å². The Hall–Kier alpha value is -2.02. The molecule has 2 rings (SSSR count). The van der Waals surface area contributed by atoms with Crippen LogP contribution in [0.5, 0.6) is 0 Å². The first kappa shape index (κ1) is 60.1. The zero-order valence-electron chi connectivity index (χ0n) is 40.7. The van der Waals surface area contributed by atoms with Gasteiger partial charge in [0.2, 0.25) is 0 Å². The Morgan fingerprint density at radius 3 is 1.45 bits per heavy atom. The van der Waals surface area contributed by atoms with E-state index in [9.17, 15) is 45.3 Å². The van der Waals surface area contributed by atoms with Gasteiger partial charge in [-0.05, 0) is 38.5 Å². The zero-order chi connectivity index (χ0) is 48.2. The van der Waals surface area contributed by atoms with Crippen molar-refractivity contribution in [3.8, 4) is 0 Å². The van der Waals surface area contributed by atoms with Crippen molar-refractivity contribution in [2.45, 2.75) is 261 Å². The molecule has 11 unspecified atom stereocenters. The fraction of sp³-hybridized carbons (Fsp3) is 0.882. The van der Waals surface area contributed by atoms with Crippen molar-refractivity contribution in [3.63, 3.8) is 0 Å². The summed E-state index contributed by atoms with van der Waals surface area (Å²) in [6.07, 6.45) is 22.0. The van der Waals surface area contributed by atoms with Crippen LogP contribution < -0.4 is 0 Å². The molecule has 0 radical (unpaired) electrons. The van der Waals surface area contributed by atoms with Crippen molar-refractivity contribution >= 4 is 11.9 Å². The second-order valence-corrected chi connectivity index (χ2v) is 18.4. The number of hydrogen-bond donors (Lipinski definition) is 7. The minimum absolute atomic E-state index is 0.152. The average molecular weight is 945 g/mol. The van der Waals surface area contributed by atoms with E-state index in [1.165, 1.54) is 89.9 Å². The number of rotatable bonds is 40. The molecule has 0 aromatic carbocycles. The van der Waals surface area contributed by atoms with Gasteiger partial charge in [-0.2, -0.15) is 0 Å². The smallest absolute Gasteiger partial charge is 0.306 e. The standard InChI is InChI=1S/C51H92O15/c1-3-5-7-9-11-13-15-17-19-20-22-23-25-27-29-31-33-42(53)61-36-39(64-43(54)34-32-30-28-26-24-21-18-16-14-12-10-8-6-4-2)37-62-50-49(60)47(58)45(56)41(66-50)38-63-51-48(59)46(57)44(55)40(35-52)65-51/h10,12,16,18,39-41,44-52,55-60H,3-9,11,13-15,17,19-38H2,1-2H3/b12-10-,18-16-. The largest absolute Gasteiger partial charge is 0.462 e. The molecule has 15 nitrogen and oxygen atoms in total. The van der Waals surface area contributed by atoms with Crippen LogP contribution >= 0.6 is 0 Å². The van der Waals surface area contributed by atoms with E-state index in [-0.39, 0.29) is 26.1 Å². The van der Waals surface area contributed by atoms with Gasteiger partial charge in [-0.3, -0.25) is 9.59 Å². The van der Waals surface area contributed by atoms with Gasteiger partial charge in [0.15, 0.2) is 18.7 Å². The molecular formula is C51H92O15. The molecule has 15 heteroatoms. The number of unbranched alkanes of at least 4 members (excludes halogenated alkanes) is 22. The molecule has 0 bridgehead atoms. The second kappa shape index (κ2) is 38.8. The number of aliphatic hydroxyl groups excluding tert-OH is 7. The van der Waals surface area contributed by atoms with E-state index in [0.29, 0.717) is 12.8 Å². The summed E-state index contributed by atoms with van der Waals surface area (Å²) in [6, 6.07) is 0. The molecule has 2 aliphatic heterocycles. The molecule has 0 aromatic heterocycles.